The molecule has 1 N–H and O–H groups in total. The third-order valence-corrected chi connectivity index (χ3v) is 1.93. The van der Waals surface area contributed by atoms with Crippen molar-refractivity contribution in [2.24, 2.45) is 11.8 Å². The highest BCUT2D eigenvalue weighted by molar-refractivity contribution is 5.17. The molecule has 0 amide bonds. The first-order chi connectivity index (χ1) is 5.99. The van der Waals surface area contributed by atoms with Crippen LogP contribution < -0.4 is 0 Å². The summed E-state index contributed by atoms with van der Waals surface area (Å²) in [5.74, 6) is 0.813. The van der Waals surface area contributed by atoms with Crippen LogP contribution in [0.2, 0.25) is 0 Å². The highest BCUT2D eigenvalue weighted by Crippen LogP contribution is 2.16. The van der Waals surface area contributed by atoms with Gasteiger partial charge >= 0.3 is 0 Å². The normalized spacial score (nSPS) is 14.8. The molecule has 0 aliphatic heterocycles. The van der Waals surface area contributed by atoms with Crippen LogP contribution in [-0.4, -0.2) is 11.2 Å². The van der Waals surface area contributed by atoms with Crippen LogP contribution >= 0.6 is 0 Å². The highest BCUT2D eigenvalue weighted by atomic mass is 16.3. The maximum Gasteiger partial charge on any atom is 0.162 e. The number of hydrogen-bond donors (Lipinski definition) is 1. The van der Waals surface area contributed by atoms with Crippen LogP contribution in [0.5, 0.6) is 0 Å². The molecule has 0 saturated heterocycles. The van der Waals surface area contributed by atoms with E-state index >= 15 is 0 Å². The molecule has 2 nitrogen and oxygen atoms in total. The summed E-state index contributed by atoms with van der Waals surface area (Å²) in [7, 11) is 0. The lowest BCUT2D eigenvalue weighted by atomic mass is 9.95. The summed E-state index contributed by atoms with van der Waals surface area (Å²) in [6.07, 6.45) is 1.98. The minimum Gasteiger partial charge on any atom is -0.374 e. The first-order valence-corrected chi connectivity index (χ1v) is 4.76. The van der Waals surface area contributed by atoms with Gasteiger partial charge in [0.25, 0.3) is 0 Å². The van der Waals surface area contributed by atoms with Gasteiger partial charge < -0.3 is 5.11 Å². The van der Waals surface area contributed by atoms with Crippen molar-refractivity contribution in [1.29, 1.82) is 5.26 Å². The van der Waals surface area contributed by atoms with Gasteiger partial charge in [-0.05, 0) is 23.8 Å². The Morgan fingerprint density at radius 1 is 1.38 bits per heavy atom. The van der Waals surface area contributed by atoms with Gasteiger partial charge in [0.1, 0.15) is 0 Å². The van der Waals surface area contributed by atoms with E-state index in [0.29, 0.717) is 5.92 Å². The number of allylic oxidation sites excluding steroid dienone is 1. The largest absolute Gasteiger partial charge is 0.374 e. The predicted molar refractivity (Wildman–Crippen MR) is 54.0 cm³/mol. The lowest BCUT2D eigenvalue weighted by Crippen LogP contribution is -2.12. The molecule has 1 atom stereocenters. The average Bonchev–Trinajstić information content (AvgIpc) is 2.03. The number of rotatable bonds is 4. The van der Waals surface area contributed by atoms with E-state index < -0.39 is 6.10 Å². The number of hydrogen-bond acceptors (Lipinski definition) is 2. The van der Waals surface area contributed by atoms with Crippen molar-refractivity contribution in [3.05, 3.63) is 11.6 Å². The Morgan fingerprint density at radius 3 is 2.23 bits per heavy atom. The van der Waals surface area contributed by atoms with E-state index in [4.69, 9.17) is 5.26 Å². The summed E-state index contributed by atoms with van der Waals surface area (Å²) in [5.41, 5.74) is 0.844. The standard InChI is InChI=1S/C11H19NO/c1-8(2)5-6-10(9(3)4)11(13)7-12/h6,8-9,11,13H,5H2,1-4H3/b10-6+. The van der Waals surface area contributed by atoms with Crippen LogP contribution in [0.15, 0.2) is 11.6 Å². The average molecular weight is 181 g/mol. The Bertz CT molecular complexity index is 211. The molecule has 0 fully saturated rings. The first kappa shape index (κ1) is 12.2. The summed E-state index contributed by atoms with van der Waals surface area (Å²) in [4.78, 5) is 0. The molecule has 0 saturated carbocycles. The molecule has 74 valence electrons. The molecule has 0 heterocycles. The molecule has 0 aliphatic rings. The van der Waals surface area contributed by atoms with E-state index in [9.17, 15) is 5.11 Å². The zero-order valence-corrected chi connectivity index (χ0v) is 8.91. The van der Waals surface area contributed by atoms with Crippen molar-refractivity contribution in [3.8, 4) is 6.07 Å². The van der Waals surface area contributed by atoms with Gasteiger partial charge in [-0.1, -0.05) is 33.8 Å². The second-order valence-corrected chi connectivity index (χ2v) is 4.02. The fourth-order valence-electron chi connectivity index (χ4n) is 1.11. The molecule has 2 heteroatoms. The molecule has 0 spiro atoms. The SMILES string of the molecule is CC(C)C/C=C(\C(C)C)C(O)C#N. The zero-order valence-electron chi connectivity index (χ0n) is 8.91. The van der Waals surface area contributed by atoms with Gasteiger partial charge in [-0.15, -0.1) is 0 Å². The van der Waals surface area contributed by atoms with Crippen LogP contribution in [0.25, 0.3) is 0 Å². The summed E-state index contributed by atoms with van der Waals surface area (Å²) in [6, 6.07) is 1.86. The predicted octanol–water partition coefficient (Wildman–Crippen LogP) is 2.50. The quantitative estimate of drug-likeness (QED) is 0.535. The van der Waals surface area contributed by atoms with E-state index in [0.717, 1.165) is 12.0 Å². The Kier molecular flexibility index (Phi) is 5.41. The van der Waals surface area contributed by atoms with Crippen molar-refractivity contribution in [1.82, 2.24) is 0 Å². The smallest absolute Gasteiger partial charge is 0.162 e. The summed E-state index contributed by atoms with van der Waals surface area (Å²) >= 11 is 0. The minimum absolute atomic E-state index is 0.244. The van der Waals surface area contributed by atoms with E-state index in [2.05, 4.69) is 13.8 Å². The Morgan fingerprint density at radius 2 is 1.92 bits per heavy atom. The number of nitriles is 1. The lowest BCUT2D eigenvalue weighted by molar-refractivity contribution is 0.253. The van der Waals surface area contributed by atoms with E-state index in [-0.39, 0.29) is 5.92 Å². The molecular formula is C11H19NO. The van der Waals surface area contributed by atoms with Crippen LogP contribution in [-0.2, 0) is 0 Å². The van der Waals surface area contributed by atoms with Gasteiger partial charge in [0.15, 0.2) is 6.10 Å². The topological polar surface area (TPSA) is 44.0 Å². The number of aliphatic hydroxyl groups excluding tert-OH is 1. The fourth-order valence-corrected chi connectivity index (χ4v) is 1.11. The monoisotopic (exact) mass is 181 g/mol. The third kappa shape index (κ3) is 4.69. The molecule has 0 bridgehead atoms. The molecule has 0 radical (unpaired) electrons. The van der Waals surface area contributed by atoms with Crippen LogP contribution in [0.4, 0.5) is 0 Å². The molecule has 0 aromatic rings. The summed E-state index contributed by atoms with van der Waals surface area (Å²) in [5, 5.41) is 18.0. The van der Waals surface area contributed by atoms with Crippen LogP contribution in [0.1, 0.15) is 34.1 Å². The molecule has 13 heavy (non-hydrogen) atoms. The molecule has 1 unspecified atom stereocenters. The van der Waals surface area contributed by atoms with Gasteiger partial charge in [0, 0.05) is 0 Å². The molecule has 0 rings (SSSR count). The molecule has 0 aromatic heterocycles. The third-order valence-electron chi connectivity index (χ3n) is 1.93. The first-order valence-electron chi connectivity index (χ1n) is 4.76. The van der Waals surface area contributed by atoms with Gasteiger partial charge in [-0.3, -0.25) is 0 Å². The second kappa shape index (κ2) is 5.77. The van der Waals surface area contributed by atoms with Crippen molar-refractivity contribution in [2.45, 2.75) is 40.2 Å². The van der Waals surface area contributed by atoms with E-state index in [1.54, 1.807) is 0 Å². The zero-order chi connectivity index (χ0) is 10.4. The Hall–Kier alpha value is -0.810. The van der Waals surface area contributed by atoms with Gasteiger partial charge in [-0.25, -0.2) is 0 Å². The van der Waals surface area contributed by atoms with E-state index in [1.165, 1.54) is 0 Å². The number of aliphatic hydroxyl groups is 1. The number of nitrogens with zero attached hydrogens (tertiary/aromatic N) is 1. The highest BCUT2D eigenvalue weighted by Gasteiger charge is 2.12. The van der Waals surface area contributed by atoms with Gasteiger partial charge in [-0.2, -0.15) is 5.26 Å². The maximum absolute atomic E-state index is 9.37. The van der Waals surface area contributed by atoms with Crippen LogP contribution in [0, 0.1) is 23.2 Å². The van der Waals surface area contributed by atoms with Crippen molar-refractivity contribution < 1.29 is 5.11 Å². The Labute approximate surface area is 80.9 Å². The Balaban J connectivity index is 4.43. The molecule has 0 aliphatic carbocycles. The summed E-state index contributed by atoms with van der Waals surface area (Å²) in [6.45, 7) is 8.22. The fraction of sp³-hybridized carbons (Fsp3) is 0.727. The van der Waals surface area contributed by atoms with Crippen molar-refractivity contribution in [2.75, 3.05) is 0 Å². The van der Waals surface area contributed by atoms with Crippen LogP contribution in [0.3, 0.4) is 0 Å². The van der Waals surface area contributed by atoms with Crippen molar-refractivity contribution >= 4 is 0 Å². The minimum atomic E-state index is -0.932. The maximum atomic E-state index is 9.37. The van der Waals surface area contributed by atoms with Gasteiger partial charge in [0.05, 0.1) is 6.07 Å². The summed E-state index contributed by atoms with van der Waals surface area (Å²) < 4.78 is 0. The van der Waals surface area contributed by atoms with Crippen molar-refractivity contribution in [3.63, 3.8) is 0 Å². The second-order valence-electron chi connectivity index (χ2n) is 4.02. The lowest BCUT2D eigenvalue weighted by Gasteiger charge is -2.13. The molecular weight excluding hydrogens is 162 g/mol. The molecule has 0 aromatic carbocycles. The van der Waals surface area contributed by atoms with E-state index in [1.807, 2.05) is 26.0 Å². The van der Waals surface area contributed by atoms with Gasteiger partial charge in [0.2, 0.25) is 0 Å².